The molecule has 1 aliphatic carbocycles. The first-order valence-corrected chi connectivity index (χ1v) is 9.32. The van der Waals surface area contributed by atoms with Gasteiger partial charge < -0.3 is 10.4 Å². The fraction of sp³-hybridized carbons (Fsp3) is 0.167. The second-order valence-corrected chi connectivity index (χ2v) is 7.35. The van der Waals surface area contributed by atoms with E-state index in [1.807, 2.05) is 12.1 Å². The number of fused-ring (bicyclic) bond motifs is 3. The quantitative estimate of drug-likeness (QED) is 0.656. The summed E-state index contributed by atoms with van der Waals surface area (Å²) in [6.07, 6.45) is 1.07. The third kappa shape index (κ3) is 3.07. The summed E-state index contributed by atoms with van der Waals surface area (Å²) in [5.41, 5.74) is 5.59. The molecule has 0 fully saturated rings. The van der Waals surface area contributed by atoms with Crippen LogP contribution in [-0.2, 0) is 10.2 Å². The number of carbonyl (C=O) groups excluding carboxylic acids is 1. The summed E-state index contributed by atoms with van der Waals surface area (Å²) in [6.45, 7) is 2.20. The van der Waals surface area contributed by atoms with E-state index in [2.05, 4.69) is 48.6 Å². The van der Waals surface area contributed by atoms with Crippen molar-refractivity contribution in [3.63, 3.8) is 0 Å². The minimum atomic E-state index is -0.982. The monoisotopic (exact) mass is 371 g/mol. The van der Waals surface area contributed by atoms with Gasteiger partial charge in [-0.2, -0.15) is 0 Å². The van der Waals surface area contributed by atoms with Crippen molar-refractivity contribution in [2.45, 2.75) is 25.2 Å². The average molecular weight is 371 g/mol. The Kier molecular flexibility index (Phi) is 4.47. The van der Waals surface area contributed by atoms with Gasteiger partial charge in [-0.05, 0) is 52.9 Å². The molecule has 0 unspecified atom stereocenters. The lowest BCUT2D eigenvalue weighted by molar-refractivity contribution is -0.116. The van der Waals surface area contributed by atoms with Gasteiger partial charge in [0.2, 0.25) is 5.91 Å². The Morgan fingerprint density at radius 2 is 1.39 bits per heavy atom. The number of aromatic carboxylic acids is 1. The summed E-state index contributed by atoms with van der Waals surface area (Å²) in [5.74, 6) is -1.06. The van der Waals surface area contributed by atoms with Gasteiger partial charge in [-0.1, -0.05) is 55.5 Å². The molecular weight excluding hydrogens is 350 g/mol. The van der Waals surface area contributed by atoms with Crippen LogP contribution >= 0.6 is 0 Å². The smallest absolute Gasteiger partial charge is 0.335 e. The second-order valence-electron chi connectivity index (χ2n) is 7.35. The van der Waals surface area contributed by atoms with Crippen LogP contribution in [0.3, 0.4) is 0 Å². The van der Waals surface area contributed by atoms with Crippen LogP contribution in [0, 0.1) is 0 Å². The Morgan fingerprint density at radius 3 is 1.93 bits per heavy atom. The molecule has 0 heterocycles. The van der Waals surface area contributed by atoms with Crippen molar-refractivity contribution in [1.82, 2.24) is 0 Å². The minimum absolute atomic E-state index is 0.0776. The van der Waals surface area contributed by atoms with Gasteiger partial charge in [0.1, 0.15) is 0 Å². The maximum atomic E-state index is 12.5. The number of benzene rings is 3. The molecule has 140 valence electrons. The highest BCUT2D eigenvalue weighted by molar-refractivity contribution is 5.92. The van der Waals surface area contributed by atoms with Crippen LogP contribution in [0.5, 0.6) is 0 Å². The molecule has 0 spiro atoms. The average Bonchev–Trinajstić information content (AvgIpc) is 2.97. The molecule has 0 bridgehead atoms. The van der Waals surface area contributed by atoms with E-state index in [0.717, 1.165) is 0 Å². The number of nitrogens with one attached hydrogen (secondary N) is 1. The Bertz CT molecular complexity index is 1010. The number of hydrogen-bond acceptors (Lipinski definition) is 2. The van der Waals surface area contributed by atoms with Crippen molar-refractivity contribution < 1.29 is 14.7 Å². The second kappa shape index (κ2) is 6.97. The van der Waals surface area contributed by atoms with Crippen LogP contribution in [0.1, 0.15) is 41.3 Å². The summed E-state index contributed by atoms with van der Waals surface area (Å²) in [6, 6.07) is 23.0. The van der Waals surface area contributed by atoms with Gasteiger partial charge in [0.05, 0.1) is 5.56 Å². The van der Waals surface area contributed by atoms with Gasteiger partial charge in [-0.3, -0.25) is 4.79 Å². The van der Waals surface area contributed by atoms with Crippen LogP contribution < -0.4 is 5.32 Å². The molecule has 0 aromatic heterocycles. The topological polar surface area (TPSA) is 66.4 Å². The van der Waals surface area contributed by atoms with Crippen molar-refractivity contribution >= 4 is 17.6 Å². The van der Waals surface area contributed by atoms with Crippen molar-refractivity contribution in [1.29, 1.82) is 0 Å². The first-order chi connectivity index (χ1) is 13.5. The van der Waals surface area contributed by atoms with Gasteiger partial charge in [0, 0.05) is 17.5 Å². The zero-order chi connectivity index (χ0) is 19.7. The molecule has 4 nitrogen and oxygen atoms in total. The highest BCUT2D eigenvalue weighted by Gasteiger charge is 2.38. The summed E-state index contributed by atoms with van der Waals surface area (Å²) >= 11 is 0. The maximum absolute atomic E-state index is 12.5. The highest BCUT2D eigenvalue weighted by Crippen LogP contribution is 2.50. The Balaban J connectivity index is 1.51. The summed E-state index contributed by atoms with van der Waals surface area (Å²) < 4.78 is 0. The van der Waals surface area contributed by atoms with E-state index in [0.29, 0.717) is 18.5 Å². The van der Waals surface area contributed by atoms with Gasteiger partial charge in [-0.15, -0.1) is 0 Å². The van der Waals surface area contributed by atoms with Gasteiger partial charge >= 0.3 is 5.97 Å². The number of amides is 1. The SMILES string of the molecule is CC1(CCC(=O)Nc2ccc(C(=O)O)cc2)c2ccccc2-c2ccccc21. The van der Waals surface area contributed by atoms with Crippen LogP contribution in [0.15, 0.2) is 72.8 Å². The number of anilines is 1. The molecule has 3 aromatic carbocycles. The molecule has 0 radical (unpaired) electrons. The zero-order valence-electron chi connectivity index (χ0n) is 15.6. The molecule has 2 N–H and O–H groups in total. The van der Waals surface area contributed by atoms with Crippen LogP contribution in [-0.4, -0.2) is 17.0 Å². The first-order valence-electron chi connectivity index (χ1n) is 9.32. The lowest BCUT2D eigenvalue weighted by Gasteiger charge is -2.27. The molecule has 3 aromatic rings. The van der Waals surface area contributed by atoms with E-state index < -0.39 is 5.97 Å². The number of rotatable bonds is 5. The normalized spacial score (nSPS) is 13.5. The third-order valence-corrected chi connectivity index (χ3v) is 5.60. The number of carboxylic acids is 1. The molecule has 4 heteroatoms. The fourth-order valence-corrected chi connectivity index (χ4v) is 4.10. The molecule has 4 rings (SSSR count). The predicted molar refractivity (Wildman–Crippen MR) is 110 cm³/mol. The van der Waals surface area contributed by atoms with Crippen molar-refractivity contribution in [2.24, 2.45) is 0 Å². The van der Waals surface area contributed by atoms with Crippen molar-refractivity contribution in [3.05, 3.63) is 89.5 Å². The Hall–Kier alpha value is -3.40. The third-order valence-electron chi connectivity index (χ3n) is 5.60. The van der Waals surface area contributed by atoms with E-state index >= 15 is 0 Å². The molecule has 0 saturated carbocycles. The Morgan fingerprint density at radius 1 is 0.857 bits per heavy atom. The van der Waals surface area contributed by atoms with Gasteiger partial charge in [0.15, 0.2) is 0 Å². The highest BCUT2D eigenvalue weighted by atomic mass is 16.4. The largest absolute Gasteiger partial charge is 0.478 e. The molecule has 1 amide bonds. The summed E-state index contributed by atoms with van der Waals surface area (Å²) in [4.78, 5) is 23.5. The number of hydrogen-bond donors (Lipinski definition) is 2. The van der Waals surface area contributed by atoms with Gasteiger partial charge in [0.25, 0.3) is 0 Å². The van der Waals surface area contributed by atoms with E-state index in [9.17, 15) is 9.59 Å². The Labute approximate surface area is 163 Å². The molecular formula is C24H21NO3. The molecule has 28 heavy (non-hydrogen) atoms. The molecule has 0 aliphatic heterocycles. The minimum Gasteiger partial charge on any atom is -0.478 e. The lowest BCUT2D eigenvalue weighted by Crippen LogP contribution is -2.23. The fourth-order valence-electron chi connectivity index (χ4n) is 4.10. The molecule has 1 aliphatic rings. The standard InChI is InChI=1S/C24H21NO3/c1-24(15-14-22(26)25-17-12-10-16(11-13-17)23(27)28)20-8-4-2-6-18(20)19-7-3-5-9-21(19)24/h2-13H,14-15H2,1H3,(H,25,26)(H,27,28). The van der Waals surface area contributed by atoms with E-state index in [4.69, 9.17) is 5.11 Å². The number of carboxylic acid groups (broad SMARTS) is 1. The summed E-state index contributed by atoms with van der Waals surface area (Å²) in [7, 11) is 0. The lowest BCUT2D eigenvalue weighted by atomic mass is 9.76. The van der Waals surface area contributed by atoms with Crippen molar-refractivity contribution in [3.8, 4) is 11.1 Å². The van der Waals surface area contributed by atoms with Crippen LogP contribution in [0.25, 0.3) is 11.1 Å². The van der Waals surface area contributed by atoms with Crippen molar-refractivity contribution in [2.75, 3.05) is 5.32 Å². The van der Waals surface area contributed by atoms with Crippen LogP contribution in [0.4, 0.5) is 5.69 Å². The van der Waals surface area contributed by atoms with Crippen LogP contribution in [0.2, 0.25) is 0 Å². The maximum Gasteiger partial charge on any atom is 0.335 e. The predicted octanol–water partition coefficient (Wildman–Crippen LogP) is 5.09. The van der Waals surface area contributed by atoms with E-state index in [1.54, 1.807) is 12.1 Å². The number of carbonyl (C=O) groups is 2. The first kappa shape index (κ1) is 18.0. The van der Waals surface area contributed by atoms with E-state index in [-0.39, 0.29) is 16.9 Å². The summed E-state index contributed by atoms with van der Waals surface area (Å²) in [5, 5.41) is 11.8. The molecule has 0 atom stereocenters. The molecule has 0 saturated heterocycles. The zero-order valence-corrected chi connectivity index (χ0v) is 15.6. The van der Waals surface area contributed by atoms with Gasteiger partial charge in [-0.25, -0.2) is 4.79 Å². The van der Waals surface area contributed by atoms with E-state index in [1.165, 1.54) is 34.4 Å².